The first-order valence-electron chi connectivity index (χ1n) is 10.9. The van der Waals surface area contributed by atoms with Crippen molar-refractivity contribution in [2.24, 2.45) is 0 Å². The molecule has 0 aliphatic carbocycles. The quantitative estimate of drug-likeness (QED) is 0.218. The second-order valence-electron chi connectivity index (χ2n) is 8.41. The Morgan fingerprint density at radius 2 is 0.969 bits per heavy atom. The minimum atomic E-state index is 0.815. The normalized spacial score (nSPS) is 11.9. The molecular weight excluding hydrogens is 388 g/mol. The maximum atomic E-state index is 6.43. The third kappa shape index (κ3) is 2.24. The van der Waals surface area contributed by atoms with Crippen LogP contribution in [0.4, 0.5) is 5.69 Å². The molecule has 7 aromatic rings. The van der Waals surface area contributed by atoms with E-state index in [-0.39, 0.29) is 0 Å². The second kappa shape index (κ2) is 6.35. The molecule has 0 saturated heterocycles. The molecule has 0 atom stereocenters. The number of nitrogens with zero attached hydrogens (tertiary/aromatic N) is 1. The van der Waals surface area contributed by atoms with Crippen LogP contribution in [0.2, 0.25) is 0 Å². The predicted molar refractivity (Wildman–Crippen MR) is 138 cm³/mol. The van der Waals surface area contributed by atoms with E-state index in [4.69, 9.17) is 5.73 Å². The van der Waals surface area contributed by atoms with Gasteiger partial charge in [0.1, 0.15) is 0 Å². The average molecular weight is 409 g/mol. The summed E-state index contributed by atoms with van der Waals surface area (Å²) >= 11 is 0. The van der Waals surface area contributed by atoms with Crippen molar-refractivity contribution in [3.8, 4) is 5.69 Å². The van der Waals surface area contributed by atoms with E-state index in [0.29, 0.717) is 0 Å². The monoisotopic (exact) mass is 408 g/mol. The Balaban J connectivity index is 1.66. The van der Waals surface area contributed by atoms with Crippen molar-refractivity contribution < 1.29 is 0 Å². The highest BCUT2D eigenvalue weighted by Gasteiger charge is 2.15. The number of nitrogen functional groups attached to an aromatic ring is 1. The lowest BCUT2D eigenvalue weighted by Crippen LogP contribution is -1.95. The molecule has 0 aliphatic heterocycles. The Kier molecular flexibility index (Phi) is 3.45. The Labute approximate surface area is 185 Å². The van der Waals surface area contributed by atoms with Crippen LogP contribution in [0.15, 0.2) is 109 Å². The first-order valence-corrected chi connectivity index (χ1v) is 10.9. The minimum Gasteiger partial charge on any atom is -0.398 e. The van der Waals surface area contributed by atoms with E-state index in [2.05, 4.69) is 102 Å². The van der Waals surface area contributed by atoms with E-state index >= 15 is 0 Å². The van der Waals surface area contributed by atoms with Crippen LogP contribution >= 0.6 is 0 Å². The van der Waals surface area contributed by atoms with Gasteiger partial charge >= 0.3 is 0 Å². The lowest BCUT2D eigenvalue weighted by molar-refractivity contribution is 1.19. The van der Waals surface area contributed by atoms with Crippen molar-refractivity contribution in [2.75, 3.05) is 5.73 Å². The molecular formula is C30H20N2. The number of hydrogen-bond donors (Lipinski definition) is 1. The summed E-state index contributed by atoms with van der Waals surface area (Å²) in [4.78, 5) is 0. The van der Waals surface area contributed by atoms with Gasteiger partial charge < -0.3 is 10.3 Å². The molecule has 2 N–H and O–H groups in total. The van der Waals surface area contributed by atoms with E-state index in [1.54, 1.807) is 0 Å². The summed E-state index contributed by atoms with van der Waals surface area (Å²) in [6.07, 6.45) is 0. The SMILES string of the molecule is Nc1cccc2c1c1ccccc1n2-c1ccc2c3ccccc3c3ccccc3c2c1. The lowest BCUT2D eigenvalue weighted by atomic mass is 9.94. The molecule has 0 radical (unpaired) electrons. The van der Waals surface area contributed by atoms with Gasteiger partial charge in [-0.3, -0.25) is 0 Å². The van der Waals surface area contributed by atoms with Crippen LogP contribution in [-0.2, 0) is 0 Å². The molecule has 6 aromatic carbocycles. The van der Waals surface area contributed by atoms with Gasteiger partial charge in [0.05, 0.1) is 11.0 Å². The highest BCUT2D eigenvalue weighted by Crippen LogP contribution is 2.39. The van der Waals surface area contributed by atoms with Gasteiger partial charge in [0.25, 0.3) is 0 Å². The second-order valence-corrected chi connectivity index (χ2v) is 8.41. The number of rotatable bonds is 1. The molecule has 0 spiro atoms. The standard InChI is InChI=1S/C30H20N2/c31-27-13-7-15-29-30(27)25-12-5-6-14-28(25)32(29)19-16-17-24-22-10-2-1-8-20(22)21-9-3-4-11-23(21)26(24)18-19/h1-18H,31H2. The molecule has 0 aliphatic rings. The number of anilines is 1. The molecule has 1 aromatic heterocycles. The fraction of sp³-hybridized carbons (Fsp3) is 0. The lowest BCUT2D eigenvalue weighted by Gasteiger charge is -2.13. The smallest absolute Gasteiger partial charge is 0.0561 e. The van der Waals surface area contributed by atoms with Crippen molar-refractivity contribution in [2.45, 2.75) is 0 Å². The highest BCUT2D eigenvalue weighted by molar-refractivity contribution is 6.25. The van der Waals surface area contributed by atoms with Crippen LogP contribution in [0.5, 0.6) is 0 Å². The van der Waals surface area contributed by atoms with Crippen molar-refractivity contribution >= 4 is 59.8 Å². The largest absolute Gasteiger partial charge is 0.398 e. The molecule has 7 rings (SSSR count). The van der Waals surface area contributed by atoms with Gasteiger partial charge in [-0.1, -0.05) is 78.9 Å². The van der Waals surface area contributed by atoms with Crippen molar-refractivity contribution in [3.05, 3.63) is 109 Å². The van der Waals surface area contributed by atoms with Crippen LogP contribution in [0.25, 0.3) is 59.8 Å². The van der Waals surface area contributed by atoms with Gasteiger partial charge in [-0.2, -0.15) is 0 Å². The molecule has 1 heterocycles. The minimum absolute atomic E-state index is 0.815. The molecule has 0 bridgehead atoms. The van der Waals surface area contributed by atoms with Crippen LogP contribution in [0.3, 0.4) is 0 Å². The maximum absolute atomic E-state index is 6.43. The summed E-state index contributed by atoms with van der Waals surface area (Å²) in [5.74, 6) is 0. The summed E-state index contributed by atoms with van der Waals surface area (Å²) in [7, 11) is 0. The zero-order valence-electron chi connectivity index (χ0n) is 17.4. The van der Waals surface area contributed by atoms with E-state index in [1.165, 1.54) is 43.2 Å². The van der Waals surface area contributed by atoms with E-state index in [1.807, 2.05) is 12.1 Å². The van der Waals surface area contributed by atoms with Gasteiger partial charge in [0.15, 0.2) is 0 Å². The molecule has 0 fully saturated rings. The Morgan fingerprint density at radius 3 is 1.66 bits per heavy atom. The fourth-order valence-corrected chi connectivity index (χ4v) is 5.36. The molecule has 0 saturated carbocycles. The predicted octanol–water partition coefficient (Wildman–Crippen LogP) is 7.83. The van der Waals surface area contributed by atoms with Crippen LogP contribution < -0.4 is 5.73 Å². The number of para-hydroxylation sites is 1. The highest BCUT2D eigenvalue weighted by atomic mass is 15.0. The topological polar surface area (TPSA) is 30.9 Å². The Bertz CT molecular complexity index is 1800. The van der Waals surface area contributed by atoms with Gasteiger partial charge in [0, 0.05) is 22.1 Å². The Morgan fingerprint density at radius 1 is 0.438 bits per heavy atom. The summed E-state index contributed by atoms with van der Waals surface area (Å²) in [5.41, 5.74) is 10.7. The van der Waals surface area contributed by atoms with Gasteiger partial charge in [-0.25, -0.2) is 0 Å². The summed E-state index contributed by atoms with van der Waals surface area (Å²) in [5, 5.41) is 10.0. The van der Waals surface area contributed by atoms with E-state index in [9.17, 15) is 0 Å². The number of fused-ring (bicyclic) bond motifs is 9. The van der Waals surface area contributed by atoms with Gasteiger partial charge in [-0.05, 0) is 62.6 Å². The zero-order valence-corrected chi connectivity index (χ0v) is 17.4. The molecule has 32 heavy (non-hydrogen) atoms. The number of benzene rings is 6. The van der Waals surface area contributed by atoms with Crippen molar-refractivity contribution in [1.82, 2.24) is 4.57 Å². The molecule has 0 unspecified atom stereocenters. The molecule has 2 heteroatoms. The first-order chi connectivity index (χ1) is 15.8. The molecule has 0 amide bonds. The van der Waals surface area contributed by atoms with E-state index in [0.717, 1.165) is 22.3 Å². The average Bonchev–Trinajstić information content (AvgIpc) is 3.19. The first kappa shape index (κ1) is 17.4. The third-order valence-corrected chi connectivity index (χ3v) is 6.72. The van der Waals surface area contributed by atoms with Crippen molar-refractivity contribution in [3.63, 3.8) is 0 Å². The summed E-state index contributed by atoms with van der Waals surface area (Å²) in [6, 6.07) is 39.0. The van der Waals surface area contributed by atoms with Gasteiger partial charge in [-0.15, -0.1) is 0 Å². The maximum Gasteiger partial charge on any atom is 0.0561 e. The van der Waals surface area contributed by atoms with E-state index < -0.39 is 0 Å². The van der Waals surface area contributed by atoms with Crippen LogP contribution in [0, 0.1) is 0 Å². The third-order valence-electron chi connectivity index (χ3n) is 6.72. The summed E-state index contributed by atoms with van der Waals surface area (Å²) in [6.45, 7) is 0. The number of hydrogen-bond acceptors (Lipinski definition) is 1. The van der Waals surface area contributed by atoms with Crippen LogP contribution in [-0.4, -0.2) is 4.57 Å². The fourth-order valence-electron chi connectivity index (χ4n) is 5.36. The van der Waals surface area contributed by atoms with Crippen molar-refractivity contribution in [1.29, 1.82) is 0 Å². The molecule has 2 nitrogen and oxygen atoms in total. The zero-order chi connectivity index (χ0) is 21.2. The Hall–Kier alpha value is -4.30. The summed E-state index contributed by atoms with van der Waals surface area (Å²) < 4.78 is 2.34. The van der Waals surface area contributed by atoms with Gasteiger partial charge in [0.2, 0.25) is 0 Å². The number of aromatic nitrogens is 1. The molecule has 150 valence electrons. The van der Waals surface area contributed by atoms with Crippen LogP contribution in [0.1, 0.15) is 0 Å². The number of nitrogens with two attached hydrogens (primary N) is 1.